The van der Waals surface area contributed by atoms with Gasteiger partial charge in [-0.25, -0.2) is 4.98 Å². The van der Waals surface area contributed by atoms with Crippen LogP contribution in [0, 0.1) is 0 Å². The van der Waals surface area contributed by atoms with E-state index in [1.807, 2.05) is 0 Å². The number of nitrogens with zero attached hydrogens (tertiary/aromatic N) is 1. The number of thiazole rings is 1. The first kappa shape index (κ1) is 20.4. The lowest BCUT2D eigenvalue weighted by Crippen LogP contribution is -2.48. The molecule has 3 N–H and O–H groups in total. The monoisotopic (exact) mass is 379 g/mol. The zero-order chi connectivity index (χ0) is 17.3. The highest BCUT2D eigenvalue weighted by molar-refractivity contribution is 7.13. The number of hydrogen-bond donors (Lipinski definition) is 2. The second kappa shape index (κ2) is 7.50. The Morgan fingerprint density at radius 3 is 2.33 bits per heavy atom. The highest BCUT2D eigenvalue weighted by Crippen LogP contribution is 2.31. The third kappa shape index (κ3) is 5.19. The fourth-order valence-electron chi connectivity index (χ4n) is 1.72. The summed E-state index contributed by atoms with van der Waals surface area (Å²) in [4.78, 5) is 16.0. The second-order valence-electron chi connectivity index (χ2n) is 5.62. The Hall–Kier alpha value is -1.64. The molecule has 24 heavy (non-hydrogen) atoms. The minimum atomic E-state index is -4.36. The molecular weight excluding hydrogens is 363 g/mol. The van der Waals surface area contributed by atoms with Gasteiger partial charge in [-0.15, -0.1) is 23.7 Å². The Morgan fingerprint density at radius 1 is 1.25 bits per heavy atom. The number of rotatable bonds is 4. The summed E-state index contributed by atoms with van der Waals surface area (Å²) in [5, 5.41) is 5.00. The third-order valence-corrected chi connectivity index (χ3v) is 3.97. The van der Waals surface area contributed by atoms with Crippen molar-refractivity contribution < 1.29 is 18.0 Å². The molecule has 2 rings (SSSR count). The highest BCUT2D eigenvalue weighted by atomic mass is 35.5. The molecular formula is C15H17ClF3N3OS. The van der Waals surface area contributed by atoms with Crippen LogP contribution in [0.25, 0.3) is 10.6 Å². The van der Waals surface area contributed by atoms with Crippen LogP contribution >= 0.6 is 23.7 Å². The molecule has 2 aromatic rings. The number of carbonyl (C=O) groups excluding carboxylic acids is 1. The van der Waals surface area contributed by atoms with Crippen molar-refractivity contribution in [3.05, 3.63) is 40.9 Å². The molecule has 0 bridgehead atoms. The van der Waals surface area contributed by atoms with Crippen molar-refractivity contribution in [2.75, 3.05) is 0 Å². The molecule has 0 atom stereocenters. The first-order valence-electron chi connectivity index (χ1n) is 6.76. The summed E-state index contributed by atoms with van der Waals surface area (Å²) in [5.74, 6) is -0.304. The maximum Gasteiger partial charge on any atom is 0.416 e. The molecule has 0 aliphatic carbocycles. The summed E-state index contributed by atoms with van der Waals surface area (Å²) >= 11 is 1.30. The van der Waals surface area contributed by atoms with E-state index in [2.05, 4.69) is 10.3 Å². The standard InChI is InChI=1S/C15H16F3N3OS.ClH/c1-14(2,19)13(22)20-7-11-8-23-12(21-11)9-3-5-10(6-4-9)15(16,17)18;/h3-6,8H,7,19H2,1-2H3,(H,20,22);1H. The number of alkyl halides is 3. The Kier molecular flexibility index (Phi) is 6.38. The van der Waals surface area contributed by atoms with Gasteiger partial charge in [-0.3, -0.25) is 4.79 Å². The number of hydrogen-bond acceptors (Lipinski definition) is 4. The Balaban J connectivity index is 0.00000288. The molecule has 0 fully saturated rings. The average molecular weight is 380 g/mol. The highest BCUT2D eigenvalue weighted by Gasteiger charge is 2.30. The summed E-state index contributed by atoms with van der Waals surface area (Å²) in [7, 11) is 0. The quantitative estimate of drug-likeness (QED) is 0.852. The molecule has 1 aromatic carbocycles. The van der Waals surface area contributed by atoms with Crippen LogP contribution in [-0.4, -0.2) is 16.4 Å². The molecule has 0 aliphatic heterocycles. The molecule has 132 valence electrons. The summed E-state index contributed by atoms with van der Waals surface area (Å²) in [5.41, 5.74) is 5.21. The van der Waals surface area contributed by atoms with E-state index < -0.39 is 17.3 Å². The molecule has 0 aliphatic rings. The van der Waals surface area contributed by atoms with Crippen LogP contribution in [0.15, 0.2) is 29.6 Å². The van der Waals surface area contributed by atoms with Crippen LogP contribution in [0.4, 0.5) is 13.2 Å². The summed E-state index contributed by atoms with van der Waals surface area (Å²) in [6.07, 6.45) is -4.36. The van der Waals surface area contributed by atoms with E-state index in [1.54, 1.807) is 19.2 Å². The van der Waals surface area contributed by atoms with E-state index in [0.717, 1.165) is 12.1 Å². The van der Waals surface area contributed by atoms with Crippen molar-refractivity contribution in [2.24, 2.45) is 5.73 Å². The molecule has 0 spiro atoms. The summed E-state index contributed by atoms with van der Waals surface area (Å²) < 4.78 is 37.6. The van der Waals surface area contributed by atoms with Crippen LogP contribution in [0.3, 0.4) is 0 Å². The maximum absolute atomic E-state index is 12.5. The van der Waals surface area contributed by atoms with Crippen LogP contribution in [0.2, 0.25) is 0 Å². The summed E-state index contributed by atoms with van der Waals surface area (Å²) in [6, 6.07) is 4.81. The van der Waals surface area contributed by atoms with Crippen LogP contribution in [0.1, 0.15) is 25.1 Å². The van der Waals surface area contributed by atoms with Crippen molar-refractivity contribution >= 4 is 29.7 Å². The fraction of sp³-hybridized carbons (Fsp3) is 0.333. The fourth-order valence-corrected chi connectivity index (χ4v) is 2.55. The Morgan fingerprint density at radius 2 is 1.83 bits per heavy atom. The predicted molar refractivity (Wildman–Crippen MR) is 89.9 cm³/mol. The molecule has 1 heterocycles. The molecule has 1 amide bonds. The molecule has 0 radical (unpaired) electrons. The number of nitrogens with one attached hydrogen (secondary N) is 1. The first-order chi connectivity index (χ1) is 10.6. The molecule has 9 heteroatoms. The molecule has 0 saturated carbocycles. The van der Waals surface area contributed by atoms with Crippen molar-refractivity contribution in [2.45, 2.75) is 32.1 Å². The lowest BCUT2D eigenvalue weighted by molar-refractivity contribution is -0.137. The number of aromatic nitrogens is 1. The van der Waals surface area contributed by atoms with Gasteiger partial charge >= 0.3 is 6.18 Å². The van der Waals surface area contributed by atoms with Crippen molar-refractivity contribution in [1.82, 2.24) is 10.3 Å². The van der Waals surface area contributed by atoms with Crippen LogP contribution in [-0.2, 0) is 17.5 Å². The molecule has 1 aromatic heterocycles. The van der Waals surface area contributed by atoms with Gasteiger partial charge in [-0.2, -0.15) is 13.2 Å². The van der Waals surface area contributed by atoms with Gasteiger partial charge in [0.2, 0.25) is 5.91 Å². The van der Waals surface area contributed by atoms with Crippen molar-refractivity contribution in [3.8, 4) is 10.6 Å². The van der Waals surface area contributed by atoms with Gasteiger partial charge in [-0.05, 0) is 26.0 Å². The first-order valence-corrected chi connectivity index (χ1v) is 7.64. The molecule has 0 saturated heterocycles. The number of carbonyl (C=O) groups is 1. The van der Waals surface area contributed by atoms with E-state index in [4.69, 9.17) is 5.73 Å². The smallest absolute Gasteiger partial charge is 0.349 e. The van der Waals surface area contributed by atoms with Gasteiger partial charge in [0.25, 0.3) is 0 Å². The third-order valence-electron chi connectivity index (χ3n) is 3.03. The van der Waals surface area contributed by atoms with E-state index >= 15 is 0 Å². The maximum atomic E-state index is 12.5. The topological polar surface area (TPSA) is 68.0 Å². The largest absolute Gasteiger partial charge is 0.416 e. The lowest BCUT2D eigenvalue weighted by Gasteiger charge is -2.17. The number of amides is 1. The minimum Gasteiger partial charge on any atom is -0.349 e. The van der Waals surface area contributed by atoms with Crippen molar-refractivity contribution in [1.29, 1.82) is 0 Å². The van der Waals surface area contributed by atoms with E-state index in [0.29, 0.717) is 16.3 Å². The molecule has 0 unspecified atom stereocenters. The van der Waals surface area contributed by atoms with E-state index in [1.165, 1.54) is 23.5 Å². The normalized spacial score (nSPS) is 11.8. The number of benzene rings is 1. The zero-order valence-electron chi connectivity index (χ0n) is 13.0. The van der Waals surface area contributed by atoms with Gasteiger partial charge in [0, 0.05) is 10.9 Å². The summed E-state index contributed by atoms with van der Waals surface area (Å²) in [6.45, 7) is 3.41. The number of nitrogens with two attached hydrogens (primary N) is 1. The van der Waals surface area contributed by atoms with Gasteiger partial charge < -0.3 is 11.1 Å². The van der Waals surface area contributed by atoms with Crippen molar-refractivity contribution in [3.63, 3.8) is 0 Å². The van der Waals surface area contributed by atoms with Gasteiger partial charge in [-0.1, -0.05) is 12.1 Å². The molecule has 4 nitrogen and oxygen atoms in total. The van der Waals surface area contributed by atoms with Gasteiger partial charge in [0.15, 0.2) is 0 Å². The van der Waals surface area contributed by atoms with Crippen LogP contribution < -0.4 is 11.1 Å². The average Bonchev–Trinajstić information content (AvgIpc) is 2.91. The van der Waals surface area contributed by atoms with E-state index in [9.17, 15) is 18.0 Å². The Labute approximate surface area is 147 Å². The van der Waals surface area contributed by atoms with Gasteiger partial charge in [0.1, 0.15) is 5.01 Å². The van der Waals surface area contributed by atoms with Gasteiger partial charge in [0.05, 0.1) is 23.3 Å². The predicted octanol–water partition coefficient (Wildman–Crippen LogP) is 3.60. The second-order valence-corrected chi connectivity index (χ2v) is 6.48. The SMILES string of the molecule is CC(C)(N)C(=O)NCc1csc(-c2ccc(C(F)(F)F)cc2)n1.Cl. The van der Waals surface area contributed by atoms with Crippen LogP contribution in [0.5, 0.6) is 0 Å². The zero-order valence-corrected chi connectivity index (χ0v) is 14.6. The lowest BCUT2D eigenvalue weighted by atomic mass is 10.1. The van der Waals surface area contributed by atoms with E-state index in [-0.39, 0.29) is 24.9 Å². The minimum absolute atomic E-state index is 0. The Bertz CT molecular complexity index is 693. The number of halogens is 4.